The van der Waals surface area contributed by atoms with Crippen LogP contribution in [-0.2, 0) is 4.74 Å². The Labute approximate surface area is 172 Å². The maximum atomic E-state index is 14.1. The Balaban J connectivity index is 1.43. The lowest BCUT2D eigenvalue weighted by molar-refractivity contribution is -0.244. The smallest absolute Gasteiger partial charge is 0.204 e. The van der Waals surface area contributed by atoms with Gasteiger partial charge in [-0.25, -0.2) is 0 Å². The van der Waals surface area contributed by atoms with Crippen molar-refractivity contribution in [2.24, 2.45) is 17.8 Å². The van der Waals surface area contributed by atoms with Gasteiger partial charge in [0.15, 0.2) is 17.3 Å². The minimum absolute atomic E-state index is 0.0519. The summed E-state index contributed by atoms with van der Waals surface area (Å²) in [7, 11) is 0. The molecule has 2 atom stereocenters. The fourth-order valence-electron chi connectivity index (χ4n) is 4.71. The minimum Gasteiger partial charge on any atom is -0.491 e. The first kappa shape index (κ1) is 22.3. The molecule has 1 aromatic rings. The van der Waals surface area contributed by atoms with Crippen molar-refractivity contribution in [1.29, 1.82) is 0 Å². The van der Waals surface area contributed by atoms with E-state index in [0.29, 0.717) is 37.4 Å². The number of ether oxygens (including phenoxy) is 3. The molecule has 1 aromatic carbocycles. The van der Waals surface area contributed by atoms with Gasteiger partial charge in [0.05, 0.1) is 19.8 Å². The summed E-state index contributed by atoms with van der Waals surface area (Å²) in [6.45, 7) is 5.10. The first-order valence-corrected chi connectivity index (χ1v) is 11.1. The summed E-state index contributed by atoms with van der Waals surface area (Å²) in [5.41, 5.74) is 0. The van der Waals surface area contributed by atoms with Gasteiger partial charge in [0.2, 0.25) is 11.6 Å². The molecule has 1 heterocycles. The van der Waals surface area contributed by atoms with E-state index in [0.717, 1.165) is 44.9 Å². The molecule has 0 amide bonds. The highest BCUT2D eigenvalue weighted by molar-refractivity contribution is 5.35. The zero-order valence-electron chi connectivity index (χ0n) is 17.6. The number of rotatable bonds is 8. The predicted octanol–water partition coefficient (Wildman–Crippen LogP) is 5.46. The second-order valence-corrected chi connectivity index (χ2v) is 8.52. The van der Waals surface area contributed by atoms with Gasteiger partial charge in [0, 0.05) is 12.8 Å². The molecule has 6 heteroatoms. The van der Waals surface area contributed by atoms with E-state index in [1.165, 1.54) is 12.1 Å². The Morgan fingerprint density at radius 3 is 2.21 bits per heavy atom. The first-order chi connectivity index (χ1) is 14.0. The van der Waals surface area contributed by atoms with Crippen molar-refractivity contribution in [1.82, 2.24) is 0 Å². The Hall–Kier alpha value is -1.40. The molecular weight excluding hydrogens is 378 g/mol. The molecule has 4 nitrogen and oxygen atoms in total. The van der Waals surface area contributed by atoms with Gasteiger partial charge < -0.3 is 19.3 Å². The average Bonchev–Trinajstić information content (AvgIpc) is 2.72. The Morgan fingerprint density at radius 2 is 1.66 bits per heavy atom. The van der Waals surface area contributed by atoms with Gasteiger partial charge >= 0.3 is 0 Å². The SMILES string of the molecule is CCCC1(O)CCC(C2CCC(COc3ccc(OCC)c(F)c3F)CC2)CO1. The summed E-state index contributed by atoms with van der Waals surface area (Å²) < 4.78 is 44.6. The summed E-state index contributed by atoms with van der Waals surface area (Å²) in [4.78, 5) is 0. The van der Waals surface area contributed by atoms with Crippen LogP contribution in [0.1, 0.15) is 65.2 Å². The molecular formula is C23H34F2O4. The highest BCUT2D eigenvalue weighted by Crippen LogP contribution is 2.40. The molecule has 1 aliphatic heterocycles. The van der Waals surface area contributed by atoms with Crippen molar-refractivity contribution in [2.75, 3.05) is 19.8 Å². The summed E-state index contributed by atoms with van der Waals surface area (Å²) in [6.07, 6.45) is 7.57. The van der Waals surface area contributed by atoms with Crippen molar-refractivity contribution < 1.29 is 28.1 Å². The molecule has 1 N–H and O–H groups in total. The third kappa shape index (κ3) is 5.60. The average molecular weight is 413 g/mol. The van der Waals surface area contributed by atoms with Gasteiger partial charge in [-0.2, -0.15) is 8.78 Å². The van der Waals surface area contributed by atoms with Crippen LogP contribution in [0.4, 0.5) is 8.78 Å². The van der Waals surface area contributed by atoms with E-state index >= 15 is 0 Å². The summed E-state index contributed by atoms with van der Waals surface area (Å²) in [5.74, 6) is -1.57. The molecule has 0 spiro atoms. The number of halogens is 2. The number of aliphatic hydroxyl groups is 1. The van der Waals surface area contributed by atoms with Crippen LogP contribution in [-0.4, -0.2) is 30.7 Å². The fraction of sp³-hybridized carbons (Fsp3) is 0.739. The van der Waals surface area contributed by atoms with Crippen molar-refractivity contribution in [3.8, 4) is 11.5 Å². The van der Waals surface area contributed by atoms with Crippen LogP contribution in [0.3, 0.4) is 0 Å². The van der Waals surface area contributed by atoms with E-state index in [-0.39, 0.29) is 18.1 Å². The largest absolute Gasteiger partial charge is 0.491 e. The quantitative estimate of drug-likeness (QED) is 0.616. The zero-order chi connectivity index (χ0) is 20.9. The highest BCUT2D eigenvalue weighted by Gasteiger charge is 2.37. The standard InChI is InChI=1S/C23H34F2O4/c1-3-12-23(26)13-11-18(15-29-23)17-7-5-16(6-8-17)14-28-20-10-9-19(27-4-2)21(24)22(20)25/h9-10,16-18,26H,3-8,11-15H2,1-2H3. The van der Waals surface area contributed by atoms with Crippen LogP contribution >= 0.6 is 0 Å². The molecule has 0 aromatic heterocycles. The third-order valence-corrected chi connectivity index (χ3v) is 6.46. The third-order valence-electron chi connectivity index (χ3n) is 6.46. The van der Waals surface area contributed by atoms with Gasteiger partial charge in [0.25, 0.3) is 0 Å². The van der Waals surface area contributed by atoms with Crippen LogP contribution in [0.15, 0.2) is 12.1 Å². The fourth-order valence-corrected chi connectivity index (χ4v) is 4.71. The van der Waals surface area contributed by atoms with Crippen LogP contribution < -0.4 is 9.47 Å². The highest BCUT2D eigenvalue weighted by atomic mass is 19.2. The molecule has 1 saturated heterocycles. The van der Waals surface area contributed by atoms with E-state index in [9.17, 15) is 13.9 Å². The lowest BCUT2D eigenvalue weighted by Crippen LogP contribution is -2.41. The van der Waals surface area contributed by atoms with E-state index in [2.05, 4.69) is 6.92 Å². The molecule has 29 heavy (non-hydrogen) atoms. The summed E-state index contributed by atoms with van der Waals surface area (Å²) in [5, 5.41) is 10.4. The number of hydrogen-bond acceptors (Lipinski definition) is 4. The molecule has 0 bridgehead atoms. The topological polar surface area (TPSA) is 47.9 Å². The maximum Gasteiger partial charge on any atom is 0.204 e. The van der Waals surface area contributed by atoms with Crippen LogP contribution in [0.2, 0.25) is 0 Å². The summed E-state index contributed by atoms with van der Waals surface area (Å²) >= 11 is 0. The second kappa shape index (κ2) is 10.1. The van der Waals surface area contributed by atoms with Crippen LogP contribution in [0.25, 0.3) is 0 Å². The number of benzene rings is 1. The first-order valence-electron chi connectivity index (χ1n) is 11.1. The van der Waals surface area contributed by atoms with Gasteiger partial charge in [0.1, 0.15) is 0 Å². The zero-order valence-corrected chi connectivity index (χ0v) is 17.6. The van der Waals surface area contributed by atoms with Gasteiger partial charge in [-0.15, -0.1) is 0 Å². The second-order valence-electron chi connectivity index (χ2n) is 8.52. The molecule has 2 unspecified atom stereocenters. The van der Waals surface area contributed by atoms with Crippen LogP contribution in [0.5, 0.6) is 11.5 Å². The summed E-state index contributed by atoms with van der Waals surface area (Å²) in [6, 6.07) is 2.85. The minimum atomic E-state index is -0.992. The normalized spacial score (nSPS) is 30.2. The van der Waals surface area contributed by atoms with Crippen LogP contribution in [0, 0.1) is 29.4 Å². The van der Waals surface area contributed by atoms with Crippen molar-refractivity contribution >= 4 is 0 Å². The molecule has 0 radical (unpaired) electrons. The van der Waals surface area contributed by atoms with Gasteiger partial charge in [-0.3, -0.25) is 0 Å². The molecule has 1 aliphatic carbocycles. The number of hydrogen-bond donors (Lipinski definition) is 1. The predicted molar refractivity (Wildman–Crippen MR) is 107 cm³/mol. The van der Waals surface area contributed by atoms with Gasteiger partial charge in [-0.1, -0.05) is 13.3 Å². The van der Waals surface area contributed by atoms with Gasteiger partial charge in [-0.05, 0) is 68.9 Å². The monoisotopic (exact) mass is 412 g/mol. The molecule has 164 valence electrons. The van der Waals surface area contributed by atoms with E-state index in [1.807, 2.05) is 0 Å². The molecule has 2 fully saturated rings. The Bertz CT molecular complexity index is 651. The molecule has 2 aliphatic rings. The maximum absolute atomic E-state index is 14.1. The Kier molecular flexibility index (Phi) is 7.74. The molecule has 1 saturated carbocycles. The van der Waals surface area contributed by atoms with Crippen molar-refractivity contribution in [2.45, 2.75) is 71.0 Å². The van der Waals surface area contributed by atoms with E-state index in [1.54, 1.807) is 6.92 Å². The van der Waals surface area contributed by atoms with Crippen molar-refractivity contribution in [3.05, 3.63) is 23.8 Å². The Morgan fingerprint density at radius 1 is 1.00 bits per heavy atom. The lowest BCUT2D eigenvalue weighted by atomic mass is 9.73. The van der Waals surface area contributed by atoms with E-state index in [4.69, 9.17) is 14.2 Å². The molecule has 3 rings (SSSR count). The lowest BCUT2D eigenvalue weighted by Gasteiger charge is -2.41. The van der Waals surface area contributed by atoms with Crippen molar-refractivity contribution in [3.63, 3.8) is 0 Å². The van der Waals surface area contributed by atoms with E-state index < -0.39 is 17.4 Å².